The van der Waals surface area contributed by atoms with Crippen molar-refractivity contribution in [3.63, 3.8) is 0 Å². The zero-order valence-electron chi connectivity index (χ0n) is 11.8. The molecule has 0 heterocycles. The molecule has 0 aliphatic rings. The number of rotatable bonds is 9. The quantitative estimate of drug-likeness (QED) is 0.487. The fourth-order valence-electron chi connectivity index (χ4n) is 1.61. The Labute approximate surface area is 155 Å². The molecular weight excluding hydrogens is 447 g/mol. The fraction of sp³-hybridized carbons (Fsp3) is 0.538. The summed E-state index contributed by atoms with van der Waals surface area (Å²) >= 11 is 7.04. The molecule has 0 radical (unpaired) electrons. The van der Waals surface area contributed by atoms with Gasteiger partial charge in [0.2, 0.25) is 0 Å². The van der Waals surface area contributed by atoms with Crippen LogP contribution in [0.4, 0.5) is 0 Å². The van der Waals surface area contributed by atoms with Crippen LogP contribution in [0.3, 0.4) is 0 Å². The average molecular weight is 469 g/mol. The van der Waals surface area contributed by atoms with Crippen molar-refractivity contribution < 1.29 is 9.84 Å². The minimum absolute atomic E-state index is 0. The van der Waals surface area contributed by atoms with Crippen molar-refractivity contribution in [3.05, 3.63) is 26.6 Å². The first-order chi connectivity index (χ1) is 9.19. The molecule has 1 aromatic carbocycles. The van der Waals surface area contributed by atoms with Crippen LogP contribution in [0.1, 0.15) is 12.5 Å². The molecule has 124 valence electrons. The minimum Gasteiger partial charge on any atom is -0.492 e. The molecular formula is C13H22Br2Cl2N2O2. The Morgan fingerprint density at radius 2 is 1.62 bits per heavy atom. The molecule has 0 spiro atoms. The predicted molar refractivity (Wildman–Crippen MR) is 99.2 cm³/mol. The Bertz CT molecular complexity index is 375. The highest BCUT2D eigenvalue weighted by Crippen LogP contribution is 2.34. The van der Waals surface area contributed by atoms with Gasteiger partial charge in [0.25, 0.3) is 0 Å². The maximum absolute atomic E-state index is 8.63. The number of hydrogen-bond acceptors (Lipinski definition) is 4. The van der Waals surface area contributed by atoms with E-state index in [2.05, 4.69) is 54.6 Å². The summed E-state index contributed by atoms with van der Waals surface area (Å²) in [7, 11) is 0. The SMILES string of the molecule is CCOc1c(Br)cc(CNCCNCCO)cc1Br.Cl.Cl. The maximum atomic E-state index is 8.63. The molecule has 8 heteroatoms. The van der Waals surface area contributed by atoms with Gasteiger partial charge in [-0.15, -0.1) is 24.8 Å². The lowest BCUT2D eigenvalue weighted by Gasteiger charge is -2.11. The highest BCUT2D eigenvalue weighted by Gasteiger charge is 2.08. The standard InChI is InChI=1S/C13H20Br2N2O2.2ClH/c1-2-19-13-11(14)7-10(8-12(13)15)9-17-4-3-16-5-6-18;;/h7-8,16-18H,2-6,9H2,1H3;2*1H. The molecule has 0 aliphatic heterocycles. The minimum atomic E-state index is 0. The van der Waals surface area contributed by atoms with E-state index >= 15 is 0 Å². The predicted octanol–water partition coefficient (Wildman–Crippen LogP) is 3.13. The van der Waals surface area contributed by atoms with Crippen molar-refractivity contribution in [1.82, 2.24) is 10.6 Å². The number of aliphatic hydroxyl groups is 1. The summed E-state index contributed by atoms with van der Waals surface area (Å²) in [6.07, 6.45) is 0. The summed E-state index contributed by atoms with van der Waals surface area (Å²) in [4.78, 5) is 0. The first kappa shape index (κ1) is 23.7. The topological polar surface area (TPSA) is 53.5 Å². The highest BCUT2D eigenvalue weighted by molar-refractivity contribution is 9.11. The molecule has 0 saturated heterocycles. The Morgan fingerprint density at radius 1 is 1.05 bits per heavy atom. The number of hydrogen-bond donors (Lipinski definition) is 3. The molecule has 21 heavy (non-hydrogen) atoms. The van der Waals surface area contributed by atoms with Crippen LogP contribution in [0.15, 0.2) is 21.1 Å². The lowest BCUT2D eigenvalue weighted by atomic mass is 10.2. The van der Waals surface area contributed by atoms with Gasteiger partial charge in [0.15, 0.2) is 0 Å². The third-order valence-corrected chi connectivity index (χ3v) is 3.62. The normalized spacial score (nSPS) is 9.71. The second-order valence-electron chi connectivity index (χ2n) is 3.97. The van der Waals surface area contributed by atoms with E-state index in [0.717, 1.165) is 34.3 Å². The van der Waals surface area contributed by atoms with Gasteiger partial charge in [0.1, 0.15) is 5.75 Å². The van der Waals surface area contributed by atoms with Gasteiger partial charge < -0.3 is 20.5 Å². The smallest absolute Gasteiger partial charge is 0.147 e. The van der Waals surface area contributed by atoms with Crippen molar-refractivity contribution in [2.75, 3.05) is 32.8 Å². The van der Waals surface area contributed by atoms with Crippen LogP contribution in [0, 0.1) is 0 Å². The monoisotopic (exact) mass is 466 g/mol. The van der Waals surface area contributed by atoms with Crippen LogP contribution in [0.2, 0.25) is 0 Å². The van der Waals surface area contributed by atoms with Gasteiger partial charge in [-0.3, -0.25) is 0 Å². The summed E-state index contributed by atoms with van der Waals surface area (Å²) in [5.41, 5.74) is 1.18. The van der Waals surface area contributed by atoms with E-state index in [1.807, 2.05) is 6.92 Å². The average Bonchev–Trinajstić information content (AvgIpc) is 2.38. The number of benzene rings is 1. The van der Waals surface area contributed by atoms with Crippen molar-refractivity contribution >= 4 is 56.7 Å². The summed E-state index contributed by atoms with van der Waals surface area (Å²) in [5.74, 6) is 0.843. The molecule has 1 aromatic rings. The van der Waals surface area contributed by atoms with Gasteiger partial charge in [-0.25, -0.2) is 0 Å². The molecule has 4 nitrogen and oxygen atoms in total. The second kappa shape index (κ2) is 14.1. The maximum Gasteiger partial charge on any atom is 0.147 e. The largest absolute Gasteiger partial charge is 0.492 e. The first-order valence-corrected chi connectivity index (χ1v) is 7.90. The molecule has 3 N–H and O–H groups in total. The summed E-state index contributed by atoms with van der Waals surface area (Å²) in [6.45, 7) is 5.94. The molecule has 1 rings (SSSR count). The molecule has 0 saturated carbocycles. The van der Waals surface area contributed by atoms with Gasteiger partial charge >= 0.3 is 0 Å². The molecule has 0 unspecified atom stereocenters. The molecule has 0 fully saturated rings. The zero-order chi connectivity index (χ0) is 14.1. The summed E-state index contributed by atoms with van der Waals surface area (Å²) in [6, 6.07) is 4.12. The van der Waals surface area contributed by atoms with Crippen LogP contribution in [0.25, 0.3) is 0 Å². The number of halogens is 4. The van der Waals surface area contributed by atoms with Crippen LogP contribution >= 0.6 is 56.7 Å². The van der Waals surface area contributed by atoms with Crippen LogP contribution < -0.4 is 15.4 Å². The van der Waals surface area contributed by atoms with E-state index in [1.54, 1.807) is 0 Å². The summed E-state index contributed by atoms with van der Waals surface area (Å²) < 4.78 is 7.46. The van der Waals surface area contributed by atoms with E-state index in [-0.39, 0.29) is 31.4 Å². The lowest BCUT2D eigenvalue weighted by molar-refractivity contribution is 0.292. The number of aliphatic hydroxyl groups excluding tert-OH is 1. The second-order valence-corrected chi connectivity index (χ2v) is 5.68. The highest BCUT2D eigenvalue weighted by atomic mass is 79.9. The molecule has 0 aliphatic carbocycles. The Kier molecular flexibility index (Phi) is 15.9. The lowest BCUT2D eigenvalue weighted by Crippen LogP contribution is -2.28. The number of nitrogens with one attached hydrogen (secondary N) is 2. The van der Waals surface area contributed by atoms with Crippen LogP contribution in [-0.2, 0) is 6.54 Å². The van der Waals surface area contributed by atoms with E-state index in [0.29, 0.717) is 13.2 Å². The van der Waals surface area contributed by atoms with Crippen molar-refractivity contribution in [2.45, 2.75) is 13.5 Å². The van der Waals surface area contributed by atoms with Gasteiger partial charge in [0, 0.05) is 26.2 Å². The van der Waals surface area contributed by atoms with Gasteiger partial charge in [-0.2, -0.15) is 0 Å². The number of ether oxygens (including phenoxy) is 1. The molecule has 0 bridgehead atoms. The molecule has 0 atom stereocenters. The fourth-order valence-corrected chi connectivity index (χ4v) is 3.12. The molecule has 0 aromatic heterocycles. The van der Waals surface area contributed by atoms with E-state index < -0.39 is 0 Å². The van der Waals surface area contributed by atoms with Crippen LogP contribution in [-0.4, -0.2) is 38.0 Å². The Hall–Kier alpha value is 0.440. The van der Waals surface area contributed by atoms with E-state index in [9.17, 15) is 0 Å². The third kappa shape index (κ3) is 9.23. The first-order valence-electron chi connectivity index (χ1n) is 6.32. The van der Waals surface area contributed by atoms with E-state index in [4.69, 9.17) is 9.84 Å². The Morgan fingerprint density at radius 3 is 2.14 bits per heavy atom. The zero-order valence-corrected chi connectivity index (χ0v) is 16.6. The van der Waals surface area contributed by atoms with E-state index in [1.165, 1.54) is 5.56 Å². The van der Waals surface area contributed by atoms with Crippen molar-refractivity contribution in [1.29, 1.82) is 0 Å². The van der Waals surface area contributed by atoms with Gasteiger partial charge in [-0.1, -0.05) is 0 Å². The Balaban J connectivity index is 0. The van der Waals surface area contributed by atoms with Crippen LogP contribution in [0.5, 0.6) is 5.75 Å². The summed E-state index contributed by atoms with van der Waals surface area (Å²) in [5, 5.41) is 15.1. The van der Waals surface area contributed by atoms with Gasteiger partial charge in [0.05, 0.1) is 22.2 Å². The van der Waals surface area contributed by atoms with Crippen molar-refractivity contribution in [2.24, 2.45) is 0 Å². The molecule has 0 amide bonds. The third-order valence-electron chi connectivity index (χ3n) is 2.44. The van der Waals surface area contributed by atoms with Crippen molar-refractivity contribution in [3.8, 4) is 5.75 Å². The van der Waals surface area contributed by atoms with Gasteiger partial charge in [-0.05, 0) is 56.5 Å².